The van der Waals surface area contributed by atoms with Crippen LogP contribution in [0.25, 0.3) is 0 Å². The molecule has 0 aromatic rings. The van der Waals surface area contributed by atoms with Gasteiger partial charge in [0.1, 0.15) is 19.8 Å². The molecule has 0 rings (SSSR count). The third kappa shape index (κ3) is 34.4. The molecule has 0 N–H and O–H groups in total. The third-order valence-corrected chi connectivity index (χ3v) is 9.00. The van der Waals surface area contributed by atoms with E-state index in [9.17, 15) is 19.0 Å². The molecule has 0 spiro atoms. The Hall–Kier alpha value is -1.25. The van der Waals surface area contributed by atoms with Crippen LogP contribution >= 0.6 is 7.82 Å². The summed E-state index contributed by atoms with van der Waals surface area (Å²) in [6, 6.07) is 0. The molecular formula is C37H72NO8P. The molecule has 278 valence electrons. The number of rotatable bonds is 34. The van der Waals surface area contributed by atoms with Gasteiger partial charge in [0.15, 0.2) is 6.10 Å². The van der Waals surface area contributed by atoms with Crippen LogP contribution in [0.1, 0.15) is 162 Å². The smallest absolute Gasteiger partial charge is 0.306 e. The summed E-state index contributed by atoms with van der Waals surface area (Å²) in [5.41, 5.74) is 0. The number of carbonyl (C=O) groups is 2. The molecule has 10 heteroatoms. The topological polar surface area (TPSA) is 111 Å². The normalized spacial score (nSPS) is 13.9. The number of quaternary nitrogens is 1. The molecule has 2 atom stereocenters. The van der Waals surface area contributed by atoms with E-state index in [2.05, 4.69) is 26.0 Å². The fourth-order valence-electron chi connectivity index (χ4n) is 5.00. The lowest BCUT2D eigenvalue weighted by Gasteiger charge is -2.28. The van der Waals surface area contributed by atoms with Gasteiger partial charge >= 0.3 is 11.9 Å². The van der Waals surface area contributed by atoms with Gasteiger partial charge in [-0.3, -0.25) is 14.2 Å². The standard InChI is InChI=1S/C37H72NO8P/c1-6-8-10-12-14-16-18-20-22-24-26-28-30-37(40)46-35(34-45-47(41,42)44-32-31-38(3,4)5)33-43-36(39)29-27-25-23-21-19-17-15-13-11-9-7-2/h14,16,35H,6-13,15,17-34H2,1-5H3/b16-14+/t35-/m1/s1. The van der Waals surface area contributed by atoms with Gasteiger partial charge in [0.25, 0.3) is 7.82 Å². The van der Waals surface area contributed by atoms with Crippen LogP contribution in [0, 0.1) is 0 Å². The van der Waals surface area contributed by atoms with Crippen LogP contribution in [0.5, 0.6) is 0 Å². The highest BCUT2D eigenvalue weighted by Crippen LogP contribution is 2.38. The summed E-state index contributed by atoms with van der Waals surface area (Å²) in [6.07, 6.45) is 28.1. The number of nitrogens with zero attached hydrogens (tertiary/aromatic N) is 1. The Morgan fingerprint density at radius 2 is 1.09 bits per heavy atom. The Bertz CT molecular complexity index is 830. The average molecular weight is 690 g/mol. The number of esters is 2. The van der Waals surface area contributed by atoms with Gasteiger partial charge in [-0.1, -0.05) is 122 Å². The molecule has 0 bridgehead atoms. The zero-order valence-electron chi connectivity index (χ0n) is 31.0. The fourth-order valence-corrected chi connectivity index (χ4v) is 5.73. The van der Waals surface area contributed by atoms with Crippen molar-refractivity contribution in [1.82, 2.24) is 0 Å². The molecule has 0 aliphatic heterocycles. The summed E-state index contributed by atoms with van der Waals surface area (Å²) in [7, 11) is 1.16. The summed E-state index contributed by atoms with van der Waals surface area (Å²) in [6.45, 7) is 4.17. The predicted molar refractivity (Wildman–Crippen MR) is 190 cm³/mol. The molecule has 0 aliphatic carbocycles. The highest BCUT2D eigenvalue weighted by Gasteiger charge is 2.21. The molecule has 0 fully saturated rings. The second-order valence-electron chi connectivity index (χ2n) is 13.9. The lowest BCUT2D eigenvalue weighted by atomic mass is 10.1. The summed E-state index contributed by atoms with van der Waals surface area (Å²) < 4.78 is 33.7. The van der Waals surface area contributed by atoms with E-state index in [-0.39, 0.29) is 32.0 Å². The molecule has 0 aromatic heterocycles. The monoisotopic (exact) mass is 689 g/mol. The summed E-state index contributed by atoms with van der Waals surface area (Å²) >= 11 is 0. The van der Waals surface area contributed by atoms with E-state index in [0.717, 1.165) is 57.8 Å². The predicted octanol–water partition coefficient (Wildman–Crippen LogP) is 9.22. The van der Waals surface area contributed by atoms with Crippen LogP contribution in [0.15, 0.2) is 12.2 Å². The second kappa shape index (κ2) is 30.8. The molecule has 0 aliphatic rings. The van der Waals surface area contributed by atoms with Crippen LogP contribution in [0.4, 0.5) is 0 Å². The number of likely N-dealkylation sites (N-methyl/N-ethyl adjacent to an activating group) is 1. The minimum Gasteiger partial charge on any atom is -0.756 e. The molecule has 1 unspecified atom stereocenters. The van der Waals surface area contributed by atoms with Crippen molar-refractivity contribution in [2.75, 3.05) is 47.5 Å². The SMILES string of the molecule is CCCCC/C=C/CCCCCCCC(=O)O[C@H](COC(=O)CCCCCCCCCCCCC)COP(=O)([O-])OCC[N+](C)(C)C. The molecule has 0 amide bonds. The van der Waals surface area contributed by atoms with Gasteiger partial charge in [-0.15, -0.1) is 0 Å². The maximum Gasteiger partial charge on any atom is 0.306 e. The number of unbranched alkanes of at least 4 members (excludes halogenated alkanes) is 18. The average Bonchev–Trinajstić information content (AvgIpc) is 3.01. The third-order valence-electron chi connectivity index (χ3n) is 8.04. The molecule has 0 heterocycles. The second-order valence-corrected chi connectivity index (χ2v) is 15.4. The first kappa shape index (κ1) is 45.8. The van der Waals surface area contributed by atoms with Crippen molar-refractivity contribution in [3.8, 4) is 0 Å². The zero-order chi connectivity index (χ0) is 35.1. The van der Waals surface area contributed by atoms with Gasteiger partial charge in [0, 0.05) is 12.8 Å². The summed E-state index contributed by atoms with van der Waals surface area (Å²) in [5.74, 6) is -0.844. The van der Waals surface area contributed by atoms with Crippen molar-refractivity contribution in [3.63, 3.8) is 0 Å². The molecule has 47 heavy (non-hydrogen) atoms. The van der Waals surface area contributed by atoms with E-state index in [4.69, 9.17) is 18.5 Å². The Balaban J connectivity index is 4.46. The van der Waals surface area contributed by atoms with E-state index in [1.165, 1.54) is 70.6 Å². The maximum atomic E-state index is 12.6. The van der Waals surface area contributed by atoms with Crippen molar-refractivity contribution in [2.45, 2.75) is 168 Å². The lowest BCUT2D eigenvalue weighted by Crippen LogP contribution is -2.37. The van der Waals surface area contributed by atoms with Gasteiger partial charge in [0.05, 0.1) is 27.7 Å². The fraction of sp³-hybridized carbons (Fsp3) is 0.892. The van der Waals surface area contributed by atoms with E-state index >= 15 is 0 Å². The van der Waals surface area contributed by atoms with E-state index in [0.29, 0.717) is 17.4 Å². The van der Waals surface area contributed by atoms with Gasteiger partial charge in [0.2, 0.25) is 0 Å². The number of phosphoric acid groups is 1. The van der Waals surface area contributed by atoms with Crippen molar-refractivity contribution in [3.05, 3.63) is 12.2 Å². The molecule has 9 nitrogen and oxygen atoms in total. The first-order valence-corrected chi connectivity index (χ1v) is 20.4. The lowest BCUT2D eigenvalue weighted by molar-refractivity contribution is -0.870. The van der Waals surface area contributed by atoms with Crippen LogP contribution < -0.4 is 4.89 Å². The number of hydrogen-bond donors (Lipinski definition) is 0. The van der Waals surface area contributed by atoms with E-state index in [1.54, 1.807) is 0 Å². The van der Waals surface area contributed by atoms with Crippen molar-refractivity contribution in [2.24, 2.45) is 0 Å². The maximum absolute atomic E-state index is 12.6. The Morgan fingerprint density at radius 1 is 0.638 bits per heavy atom. The molecule has 0 aromatic carbocycles. The number of ether oxygens (including phenoxy) is 2. The van der Waals surface area contributed by atoms with Crippen molar-refractivity contribution in [1.29, 1.82) is 0 Å². The van der Waals surface area contributed by atoms with Gasteiger partial charge < -0.3 is 27.9 Å². The Morgan fingerprint density at radius 3 is 1.62 bits per heavy atom. The number of hydrogen-bond acceptors (Lipinski definition) is 8. The minimum absolute atomic E-state index is 0.0298. The molecule has 0 radical (unpaired) electrons. The summed E-state index contributed by atoms with van der Waals surface area (Å²) in [4.78, 5) is 37.2. The number of carbonyl (C=O) groups excluding carboxylic acids is 2. The highest BCUT2D eigenvalue weighted by atomic mass is 31.2. The Labute approximate surface area is 288 Å². The molecular weight excluding hydrogens is 617 g/mol. The summed E-state index contributed by atoms with van der Waals surface area (Å²) in [5, 5.41) is 0. The van der Waals surface area contributed by atoms with E-state index in [1.807, 2.05) is 21.1 Å². The van der Waals surface area contributed by atoms with Gasteiger partial charge in [-0.05, 0) is 38.5 Å². The van der Waals surface area contributed by atoms with Crippen LogP contribution in [-0.4, -0.2) is 70.0 Å². The highest BCUT2D eigenvalue weighted by molar-refractivity contribution is 7.45. The zero-order valence-corrected chi connectivity index (χ0v) is 31.9. The van der Waals surface area contributed by atoms with Crippen LogP contribution in [0.2, 0.25) is 0 Å². The van der Waals surface area contributed by atoms with Gasteiger partial charge in [-0.25, -0.2) is 0 Å². The Kier molecular flexibility index (Phi) is 30.0. The van der Waals surface area contributed by atoms with Crippen LogP contribution in [-0.2, 0) is 32.7 Å². The molecule has 0 saturated carbocycles. The van der Waals surface area contributed by atoms with Gasteiger partial charge in [-0.2, -0.15) is 0 Å². The molecule has 0 saturated heterocycles. The number of allylic oxidation sites excluding steroid dienone is 2. The minimum atomic E-state index is -4.61. The first-order chi connectivity index (χ1) is 22.5. The largest absolute Gasteiger partial charge is 0.756 e. The van der Waals surface area contributed by atoms with Crippen molar-refractivity contribution < 1.29 is 42.1 Å². The number of phosphoric ester groups is 1. The first-order valence-electron chi connectivity index (χ1n) is 18.9. The van der Waals surface area contributed by atoms with E-state index < -0.39 is 26.5 Å². The van der Waals surface area contributed by atoms with Crippen molar-refractivity contribution >= 4 is 19.8 Å². The van der Waals surface area contributed by atoms with Crippen LogP contribution in [0.3, 0.4) is 0 Å². The quantitative estimate of drug-likeness (QED) is 0.0216.